The second-order valence-electron chi connectivity index (χ2n) is 3.34. The van der Waals surface area contributed by atoms with Crippen LogP contribution in [0.4, 0.5) is 0 Å². The molecule has 14 heavy (non-hydrogen) atoms. The molecule has 0 spiro atoms. The summed E-state index contributed by atoms with van der Waals surface area (Å²) >= 11 is 5.92. The molecule has 3 heteroatoms. The molecule has 0 saturated carbocycles. The highest BCUT2D eigenvalue weighted by atomic mass is 35.5. The second kappa shape index (κ2) is 3.46. The molecule has 2 aromatic rings. The molecule has 0 saturated heterocycles. The van der Waals surface area contributed by atoms with Crippen LogP contribution in [0.15, 0.2) is 30.5 Å². The fraction of sp³-hybridized carbons (Fsp3) is 0.182. The van der Waals surface area contributed by atoms with Gasteiger partial charge in [0.25, 0.3) is 0 Å². The lowest BCUT2D eigenvalue weighted by molar-refractivity contribution is 0.770. The van der Waals surface area contributed by atoms with Gasteiger partial charge < -0.3 is 0 Å². The van der Waals surface area contributed by atoms with E-state index in [-0.39, 0.29) is 0 Å². The van der Waals surface area contributed by atoms with E-state index in [0.29, 0.717) is 0 Å². The molecule has 2 nitrogen and oxygen atoms in total. The molecule has 0 fully saturated rings. The predicted molar refractivity (Wildman–Crippen MR) is 58.4 cm³/mol. The van der Waals surface area contributed by atoms with Crippen molar-refractivity contribution in [2.45, 2.75) is 6.92 Å². The van der Waals surface area contributed by atoms with Crippen LogP contribution in [0.3, 0.4) is 0 Å². The number of rotatable bonds is 1. The zero-order valence-corrected chi connectivity index (χ0v) is 8.92. The Morgan fingerprint density at radius 3 is 2.71 bits per heavy atom. The molecular weight excluding hydrogens is 196 g/mol. The summed E-state index contributed by atoms with van der Waals surface area (Å²) in [7, 11) is 1.92. The predicted octanol–water partition coefficient (Wildman–Crippen LogP) is 3.05. The SMILES string of the molecule is Cc1cn(C)nc1-c1cccc(Cl)c1. The first-order chi connectivity index (χ1) is 6.66. The van der Waals surface area contributed by atoms with Crippen LogP contribution in [0.1, 0.15) is 5.56 Å². The third-order valence-corrected chi connectivity index (χ3v) is 2.34. The first kappa shape index (κ1) is 9.28. The molecular formula is C11H11ClN2. The van der Waals surface area contributed by atoms with Crippen LogP contribution in [-0.4, -0.2) is 9.78 Å². The van der Waals surface area contributed by atoms with Crippen molar-refractivity contribution in [3.05, 3.63) is 41.0 Å². The monoisotopic (exact) mass is 206 g/mol. The Morgan fingerprint density at radius 2 is 2.14 bits per heavy atom. The summed E-state index contributed by atoms with van der Waals surface area (Å²) < 4.78 is 1.81. The molecule has 0 atom stereocenters. The first-order valence-corrected chi connectivity index (χ1v) is 4.81. The molecule has 72 valence electrons. The Hall–Kier alpha value is -1.28. The molecule has 0 bridgehead atoms. The minimum atomic E-state index is 0.743. The van der Waals surface area contributed by atoms with E-state index >= 15 is 0 Å². The molecule has 0 aliphatic heterocycles. The van der Waals surface area contributed by atoms with Gasteiger partial charge in [-0.15, -0.1) is 0 Å². The Labute approximate surface area is 88.1 Å². The third kappa shape index (κ3) is 1.66. The minimum Gasteiger partial charge on any atom is -0.275 e. The van der Waals surface area contributed by atoms with Crippen LogP contribution in [0.5, 0.6) is 0 Å². The highest BCUT2D eigenvalue weighted by molar-refractivity contribution is 6.30. The van der Waals surface area contributed by atoms with E-state index in [1.165, 1.54) is 0 Å². The Balaban J connectivity index is 2.54. The van der Waals surface area contributed by atoms with Gasteiger partial charge in [-0.2, -0.15) is 5.10 Å². The first-order valence-electron chi connectivity index (χ1n) is 4.43. The maximum Gasteiger partial charge on any atom is 0.0952 e. The molecule has 0 amide bonds. The van der Waals surface area contributed by atoms with Gasteiger partial charge >= 0.3 is 0 Å². The van der Waals surface area contributed by atoms with Crippen LogP contribution >= 0.6 is 11.6 Å². The van der Waals surface area contributed by atoms with Gasteiger partial charge in [-0.25, -0.2) is 0 Å². The molecule has 1 aromatic heterocycles. The largest absolute Gasteiger partial charge is 0.275 e. The van der Waals surface area contributed by atoms with Crippen molar-refractivity contribution >= 4 is 11.6 Å². The van der Waals surface area contributed by atoms with Crippen molar-refractivity contribution < 1.29 is 0 Å². The highest BCUT2D eigenvalue weighted by Gasteiger charge is 2.05. The smallest absolute Gasteiger partial charge is 0.0952 e. The van der Waals surface area contributed by atoms with Crippen molar-refractivity contribution in [3.8, 4) is 11.3 Å². The number of aromatic nitrogens is 2. The molecule has 0 radical (unpaired) electrons. The van der Waals surface area contributed by atoms with Crippen LogP contribution < -0.4 is 0 Å². The van der Waals surface area contributed by atoms with Gasteiger partial charge in [-0.1, -0.05) is 23.7 Å². The zero-order chi connectivity index (χ0) is 10.1. The van der Waals surface area contributed by atoms with Crippen molar-refractivity contribution in [2.75, 3.05) is 0 Å². The van der Waals surface area contributed by atoms with Gasteiger partial charge in [0, 0.05) is 23.8 Å². The number of benzene rings is 1. The normalized spacial score (nSPS) is 10.5. The fourth-order valence-corrected chi connectivity index (χ4v) is 1.72. The summed E-state index contributed by atoms with van der Waals surface area (Å²) in [5, 5.41) is 5.12. The highest BCUT2D eigenvalue weighted by Crippen LogP contribution is 2.23. The maximum atomic E-state index is 5.92. The van der Waals surface area contributed by atoms with Crippen LogP contribution in [-0.2, 0) is 7.05 Å². The summed E-state index contributed by atoms with van der Waals surface area (Å²) in [6.45, 7) is 2.04. The molecule has 2 rings (SSSR count). The van der Waals surface area contributed by atoms with Gasteiger partial charge in [0.2, 0.25) is 0 Å². The molecule has 1 aromatic carbocycles. The topological polar surface area (TPSA) is 17.8 Å². The Kier molecular flexibility index (Phi) is 2.30. The van der Waals surface area contributed by atoms with E-state index in [2.05, 4.69) is 5.10 Å². The maximum absolute atomic E-state index is 5.92. The van der Waals surface area contributed by atoms with Crippen LogP contribution in [0.2, 0.25) is 5.02 Å². The number of nitrogens with zero attached hydrogens (tertiary/aromatic N) is 2. The summed E-state index contributed by atoms with van der Waals surface area (Å²) in [4.78, 5) is 0. The number of aryl methyl sites for hydroxylation is 2. The van der Waals surface area contributed by atoms with Crippen molar-refractivity contribution in [3.63, 3.8) is 0 Å². The number of hydrogen-bond acceptors (Lipinski definition) is 1. The lowest BCUT2D eigenvalue weighted by atomic mass is 10.1. The molecule has 0 aliphatic carbocycles. The number of halogens is 1. The lowest BCUT2D eigenvalue weighted by Crippen LogP contribution is -1.87. The van der Waals surface area contributed by atoms with E-state index < -0.39 is 0 Å². The van der Waals surface area contributed by atoms with E-state index in [4.69, 9.17) is 11.6 Å². The van der Waals surface area contributed by atoms with Gasteiger partial charge in [0.15, 0.2) is 0 Å². The van der Waals surface area contributed by atoms with E-state index in [1.807, 2.05) is 49.1 Å². The van der Waals surface area contributed by atoms with E-state index in [1.54, 1.807) is 0 Å². The molecule has 0 N–H and O–H groups in total. The summed E-state index contributed by atoms with van der Waals surface area (Å²) in [6, 6.07) is 7.74. The van der Waals surface area contributed by atoms with Crippen molar-refractivity contribution in [1.82, 2.24) is 9.78 Å². The fourth-order valence-electron chi connectivity index (χ4n) is 1.53. The average molecular weight is 207 g/mol. The zero-order valence-electron chi connectivity index (χ0n) is 8.16. The van der Waals surface area contributed by atoms with E-state index in [0.717, 1.165) is 21.8 Å². The summed E-state index contributed by atoms with van der Waals surface area (Å²) in [5.41, 5.74) is 3.22. The standard InChI is InChI=1S/C11H11ClN2/c1-8-7-14(2)13-11(8)9-4-3-5-10(12)6-9/h3-7H,1-2H3. The van der Waals surface area contributed by atoms with Gasteiger partial charge in [-0.05, 0) is 24.6 Å². The summed E-state index contributed by atoms with van der Waals surface area (Å²) in [6.07, 6.45) is 2.00. The Bertz CT molecular complexity index is 460. The molecule has 1 heterocycles. The van der Waals surface area contributed by atoms with Crippen LogP contribution in [0, 0.1) is 6.92 Å². The van der Waals surface area contributed by atoms with Crippen LogP contribution in [0.25, 0.3) is 11.3 Å². The minimum absolute atomic E-state index is 0.743. The third-order valence-electron chi connectivity index (χ3n) is 2.11. The molecule has 0 unspecified atom stereocenters. The van der Waals surface area contributed by atoms with Gasteiger partial charge in [-0.3, -0.25) is 4.68 Å². The van der Waals surface area contributed by atoms with Crippen molar-refractivity contribution in [2.24, 2.45) is 7.05 Å². The quantitative estimate of drug-likeness (QED) is 0.701. The van der Waals surface area contributed by atoms with Crippen molar-refractivity contribution in [1.29, 1.82) is 0 Å². The second-order valence-corrected chi connectivity index (χ2v) is 3.78. The number of hydrogen-bond donors (Lipinski definition) is 0. The molecule has 0 aliphatic rings. The van der Waals surface area contributed by atoms with E-state index in [9.17, 15) is 0 Å². The van der Waals surface area contributed by atoms with Gasteiger partial charge in [0.05, 0.1) is 5.69 Å². The van der Waals surface area contributed by atoms with Gasteiger partial charge in [0.1, 0.15) is 0 Å². The lowest BCUT2D eigenvalue weighted by Gasteiger charge is -1.98. The summed E-state index contributed by atoms with van der Waals surface area (Å²) in [5.74, 6) is 0. The Morgan fingerprint density at radius 1 is 1.36 bits per heavy atom. The average Bonchev–Trinajstić information content (AvgIpc) is 2.45.